The van der Waals surface area contributed by atoms with Crippen molar-refractivity contribution in [3.8, 4) is 5.75 Å². The van der Waals surface area contributed by atoms with Crippen LogP contribution in [0, 0.1) is 6.92 Å². The number of aryl methyl sites for hydroxylation is 1. The van der Waals surface area contributed by atoms with Gasteiger partial charge in [0.15, 0.2) is 0 Å². The monoisotopic (exact) mass is 322 g/mol. The van der Waals surface area contributed by atoms with E-state index in [2.05, 4.69) is 5.32 Å². The van der Waals surface area contributed by atoms with Crippen LogP contribution in [0.5, 0.6) is 5.75 Å². The Morgan fingerprint density at radius 1 is 1.22 bits per heavy atom. The van der Waals surface area contributed by atoms with Crippen LogP contribution >= 0.6 is 0 Å². The fourth-order valence-corrected chi connectivity index (χ4v) is 2.20. The molecule has 1 aromatic carbocycles. The SMILES string of the molecule is COCCCN(CCC(=O)Nc1cc(C)ccc1OC)C(C)=O. The van der Waals surface area contributed by atoms with Gasteiger partial charge in [0.2, 0.25) is 11.8 Å². The maximum absolute atomic E-state index is 12.1. The Morgan fingerprint density at radius 3 is 2.57 bits per heavy atom. The quantitative estimate of drug-likeness (QED) is 0.708. The Labute approximate surface area is 137 Å². The third-order valence-electron chi connectivity index (χ3n) is 3.46. The molecule has 1 rings (SSSR count). The smallest absolute Gasteiger partial charge is 0.226 e. The molecule has 0 aliphatic rings. The molecule has 0 aliphatic carbocycles. The van der Waals surface area contributed by atoms with Crippen LogP contribution in [0.25, 0.3) is 0 Å². The van der Waals surface area contributed by atoms with Gasteiger partial charge in [-0.3, -0.25) is 9.59 Å². The number of amides is 2. The number of ether oxygens (including phenoxy) is 2. The lowest BCUT2D eigenvalue weighted by molar-refractivity contribution is -0.129. The van der Waals surface area contributed by atoms with Crippen molar-refractivity contribution in [2.45, 2.75) is 26.7 Å². The van der Waals surface area contributed by atoms with Crippen molar-refractivity contribution < 1.29 is 19.1 Å². The predicted octanol–water partition coefficient (Wildman–Crippen LogP) is 2.22. The zero-order valence-corrected chi connectivity index (χ0v) is 14.3. The molecule has 0 saturated carbocycles. The Kier molecular flexibility index (Phi) is 8.11. The molecule has 0 radical (unpaired) electrons. The summed E-state index contributed by atoms with van der Waals surface area (Å²) in [7, 11) is 3.19. The zero-order chi connectivity index (χ0) is 17.2. The summed E-state index contributed by atoms with van der Waals surface area (Å²) in [5.41, 5.74) is 1.68. The molecule has 0 heterocycles. The van der Waals surface area contributed by atoms with Crippen LogP contribution in [0.15, 0.2) is 18.2 Å². The third-order valence-corrected chi connectivity index (χ3v) is 3.46. The van der Waals surface area contributed by atoms with Gasteiger partial charge in [0, 0.05) is 40.2 Å². The summed E-state index contributed by atoms with van der Waals surface area (Å²) in [5, 5.41) is 2.84. The van der Waals surface area contributed by atoms with Gasteiger partial charge in [-0.2, -0.15) is 0 Å². The van der Waals surface area contributed by atoms with Crippen molar-refractivity contribution in [1.82, 2.24) is 4.90 Å². The van der Waals surface area contributed by atoms with E-state index in [4.69, 9.17) is 9.47 Å². The normalized spacial score (nSPS) is 10.3. The lowest BCUT2D eigenvalue weighted by Crippen LogP contribution is -2.33. The molecule has 0 aromatic heterocycles. The van der Waals surface area contributed by atoms with Crippen LogP contribution < -0.4 is 10.1 Å². The molecule has 0 aliphatic heterocycles. The van der Waals surface area contributed by atoms with Gasteiger partial charge in [-0.1, -0.05) is 6.07 Å². The van der Waals surface area contributed by atoms with Crippen molar-refractivity contribution in [1.29, 1.82) is 0 Å². The molecule has 6 nitrogen and oxygen atoms in total. The summed E-state index contributed by atoms with van der Waals surface area (Å²) in [4.78, 5) is 25.4. The van der Waals surface area contributed by atoms with Crippen molar-refractivity contribution >= 4 is 17.5 Å². The Hall–Kier alpha value is -2.08. The summed E-state index contributed by atoms with van der Waals surface area (Å²) in [6.07, 6.45) is 0.993. The van der Waals surface area contributed by atoms with Gasteiger partial charge in [-0.25, -0.2) is 0 Å². The van der Waals surface area contributed by atoms with Gasteiger partial charge in [-0.05, 0) is 31.0 Å². The first-order valence-electron chi connectivity index (χ1n) is 7.67. The van der Waals surface area contributed by atoms with E-state index in [0.717, 1.165) is 12.0 Å². The minimum Gasteiger partial charge on any atom is -0.495 e. The lowest BCUT2D eigenvalue weighted by Gasteiger charge is -2.20. The maximum Gasteiger partial charge on any atom is 0.226 e. The zero-order valence-electron chi connectivity index (χ0n) is 14.3. The molecule has 2 amide bonds. The highest BCUT2D eigenvalue weighted by Crippen LogP contribution is 2.25. The maximum atomic E-state index is 12.1. The van der Waals surface area contributed by atoms with E-state index in [-0.39, 0.29) is 18.2 Å². The van der Waals surface area contributed by atoms with Crippen LogP contribution in [0.4, 0.5) is 5.69 Å². The number of hydrogen-bond acceptors (Lipinski definition) is 4. The first kappa shape index (κ1) is 19.0. The Morgan fingerprint density at radius 2 is 1.96 bits per heavy atom. The fraction of sp³-hybridized carbons (Fsp3) is 0.529. The molecule has 0 unspecified atom stereocenters. The molecule has 1 aromatic rings. The number of carbonyl (C=O) groups excluding carboxylic acids is 2. The molecule has 0 atom stereocenters. The number of nitrogens with zero attached hydrogens (tertiary/aromatic N) is 1. The van der Waals surface area contributed by atoms with Crippen LogP contribution in [-0.2, 0) is 14.3 Å². The summed E-state index contributed by atoms with van der Waals surface area (Å²) >= 11 is 0. The predicted molar refractivity (Wildman–Crippen MR) is 89.7 cm³/mol. The summed E-state index contributed by atoms with van der Waals surface area (Å²) < 4.78 is 10.2. The molecule has 1 N–H and O–H groups in total. The second-order valence-corrected chi connectivity index (χ2v) is 5.35. The highest BCUT2D eigenvalue weighted by Gasteiger charge is 2.12. The average molecular weight is 322 g/mol. The number of nitrogens with one attached hydrogen (secondary N) is 1. The number of benzene rings is 1. The highest BCUT2D eigenvalue weighted by molar-refractivity contribution is 5.92. The van der Waals surface area contributed by atoms with Gasteiger partial charge in [0.05, 0.1) is 12.8 Å². The fourth-order valence-electron chi connectivity index (χ4n) is 2.20. The molecule has 6 heteroatoms. The van der Waals surface area contributed by atoms with Crippen molar-refractivity contribution in [2.24, 2.45) is 0 Å². The first-order chi connectivity index (χ1) is 11.0. The Balaban J connectivity index is 2.55. The molecule has 128 valence electrons. The minimum absolute atomic E-state index is 0.0398. The van der Waals surface area contributed by atoms with E-state index in [1.807, 2.05) is 25.1 Å². The molecule has 0 saturated heterocycles. The molecule has 0 fully saturated rings. The second-order valence-electron chi connectivity index (χ2n) is 5.35. The third kappa shape index (κ3) is 6.69. The van der Waals surface area contributed by atoms with E-state index < -0.39 is 0 Å². The number of methoxy groups -OCH3 is 2. The van der Waals surface area contributed by atoms with E-state index in [1.54, 1.807) is 19.1 Å². The van der Waals surface area contributed by atoms with Gasteiger partial charge in [0.25, 0.3) is 0 Å². The summed E-state index contributed by atoms with van der Waals surface area (Å²) in [6, 6.07) is 5.59. The van der Waals surface area contributed by atoms with E-state index in [9.17, 15) is 9.59 Å². The van der Waals surface area contributed by atoms with E-state index >= 15 is 0 Å². The van der Waals surface area contributed by atoms with Crippen molar-refractivity contribution in [3.63, 3.8) is 0 Å². The van der Waals surface area contributed by atoms with Crippen LogP contribution in [0.2, 0.25) is 0 Å². The number of carbonyl (C=O) groups is 2. The first-order valence-corrected chi connectivity index (χ1v) is 7.67. The van der Waals surface area contributed by atoms with E-state index in [0.29, 0.717) is 31.1 Å². The van der Waals surface area contributed by atoms with Crippen molar-refractivity contribution in [3.05, 3.63) is 23.8 Å². The minimum atomic E-state index is -0.146. The molecule has 23 heavy (non-hydrogen) atoms. The largest absolute Gasteiger partial charge is 0.495 e. The molecule has 0 bridgehead atoms. The van der Waals surface area contributed by atoms with Gasteiger partial charge >= 0.3 is 0 Å². The second kappa shape index (κ2) is 9.84. The number of anilines is 1. The summed E-state index contributed by atoms with van der Waals surface area (Å²) in [6.45, 7) is 5.02. The number of rotatable bonds is 9. The standard InChI is InChI=1S/C17H26N2O4/c1-13-6-7-16(23-4)15(12-13)18-17(21)8-10-19(14(2)20)9-5-11-22-3/h6-7,12H,5,8-11H2,1-4H3,(H,18,21). The molecular formula is C17H26N2O4. The molecule has 0 spiro atoms. The van der Waals surface area contributed by atoms with E-state index in [1.165, 1.54) is 6.92 Å². The van der Waals surface area contributed by atoms with Crippen LogP contribution in [-0.4, -0.2) is 50.6 Å². The van der Waals surface area contributed by atoms with Gasteiger partial charge < -0.3 is 19.7 Å². The van der Waals surface area contributed by atoms with Crippen LogP contribution in [0.3, 0.4) is 0 Å². The average Bonchev–Trinajstić information content (AvgIpc) is 2.50. The summed E-state index contributed by atoms with van der Waals surface area (Å²) in [5.74, 6) is 0.432. The van der Waals surface area contributed by atoms with Crippen molar-refractivity contribution in [2.75, 3.05) is 39.2 Å². The Bertz CT molecular complexity index is 531. The van der Waals surface area contributed by atoms with Crippen LogP contribution in [0.1, 0.15) is 25.3 Å². The number of hydrogen-bond donors (Lipinski definition) is 1. The highest BCUT2D eigenvalue weighted by atomic mass is 16.5. The van der Waals surface area contributed by atoms with Gasteiger partial charge in [-0.15, -0.1) is 0 Å². The van der Waals surface area contributed by atoms with Gasteiger partial charge in [0.1, 0.15) is 5.75 Å². The molecular weight excluding hydrogens is 296 g/mol. The topological polar surface area (TPSA) is 67.9 Å². The lowest BCUT2D eigenvalue weighted by atomic mass is 10.2.